The maximum Gasteiger partial charge on any atom is 0.259 e. The highest BCUT2D eigenvalue weighted by Crippen LogP contribution is 2.20. The van der Waals surface area contributed by atoms with Gasteiger partial charge in [0, 0.05) is 11.1 Å². The summed E-state index contributed by atoms with van der Waals surface area (Å²) in [5.41, 5.74) is 2.61. The number of fused-ring (bicyclic) bond motifs is 1. The van der Waals surface area contributed by atoms with Crippen LogP contribution in [0.3, 0.4) is 0 Å². The highest BCUT2D eigenvalue weighted by molar-refractivity contribution is 7.09. The quantitative estimate of drug-likeness (QED) is 0.838. The maximum absolute atomic E-state index is 11.5. The van der Waals surface area contributed by atoms with Crippen molar-refractivity contribution in [2.45, 2.75) is 13.5 Å². The van der Waals surface area contributed by atoms with Gasteiger partial charge in [0.25, 0.3) is 11.8 Å². The van der Waals surface area contributed by atoms with Crippen LogP contribution in [-0.2, 0) is 6.54 Å². The van der Waals surface area contributed by atoms with Gasteiger partial charge in [-0.15, -0.1) is 11.3 Å². The van der Waals surface area contributed by atoms with Gasteiger partial charge in [0.15, 0.2) is 0 Å². The van der Waals surface area contributed by atoms with Crippen LogP contribution in [0.15, 0.2) is 23.6 Å². The lowest BCUT2D eigenvalue weighted by Gasteiger charge is -2.05. The van der Waals surface area contributed by atoms with E-state index in [1.165, 1.54) is 0 Å². The Morgan fingerprint density at radius 2 is 2.05 bits per heavy atom. The minimum absolute atomic E-state index is 0.332. The highest BCUT2D eigenvalue weighted by Gasteiger charge is 2.26. The molecule has 19 heavy (non-hydrogen) atoms. The number of hydrogen-bond acceptors (Lipinski definition) is 5. The molecule has 0 bridgehead atoms. The van der Waals surface area contributed by atoms with Crippen molar-refractivity contribution in [3.63, 3.8) is 0 Å². The van der Waals surface area contributed by atoms with Gasteiger partial charge in [0.05, 0.1) is 28.4 Å². The Hall–Kier alpha value is -2.21. The first-order valence-electron chi connectivity index (χ1n) is 5.78. The molecule has 0 spiro atoms. The SMILES string of the molecule is Cc1nc(CNc2ccc3c(c2)C(=O)NC3=O)cs1. The Morgan fingerprint density at radius 1 is 1.26 bits per heavy atom. The molecule has 5 nitrogen and oxygen atoms in total. The zero-order valence-electron chi connectivity index (χ0n) is 10.2. The number of hydrogen-bond donors (Lipinski definition) is 2. The lowest BCUT2D eigenvalue weighted by atomic mass is 10.1. The van der Waals surface area contributed by atoms with Gasteiger partial charge in [-0.25, -0.2) is 4.98 Å². The predicted molar refractivity (Wildman–Crippen MR) is 72.4 cm³/mol. The molecule has 0 fully saturated rings. The van der Waals surface area contributed by atoms with Crippen LogP contribution in [0.25, 0.3) is 0 Å². The van der Waals surface area contributed by atoms with E-state index < -0.39 is 0 Å². The number of aromatic nitrogens is 1. The summed E-state index contributed by atoms with van der Waals surface area (Å²) < 4.78 is 0. The first kappa shape index (κ1) is 11.9. The van der Waals surface area contributed by atoms with Gasteiger partial charge in [-0.1, -0.05) is 0 Å². The summed E-state index contributed by atoms with van der Waals surface area (Å²) in [6.45, 7) is 2.55. The number of benzene rings is 1. The van der Waals surface area contributed by atoms with E-state index in [0.717, 1.165) is 16.4 Å². The number of rotatable bonds is 3. The van der Waals surface area contributed by atoms with Crippen molar-refractivity contribution >= 4 is 28.8 Å². The van der Waals surface area contributed by atoms with E-state index in [-0.39, 0.29) is 11.8 Å². The molecule has 1 aromatic heterocycles. The van der Waals surface area contributed by atoms with E-state index in [2.05, 4.69) is 15.6 Å². The third-order valence-corrected chi connectivity index (χ3v) is 3.70. The van der Waals surface area contributed by atoms with E-state index in [1.54, 1.807) is 29.5 Å². The molecule has 0 unspecified atom stereocenters. The van der Waals surface area contributed by atoms with Crippen LogP contribution in [0.1, 0.15) is 31.4 Å². The topological polar surface area (TPSA) is 71.1 Å². The van der Waals surface area contributed by atoms with E-state index >= 15 is 0 Å². The second kappa shape index (κ2) is 4.47. The number of amides is 2. The Kier molecular flexibility index (Phi) is 2.79. The molecule has 0 radical (unpaired) electrons. The fourth-order valence-electron chi connectivity index (χ4n) is 1.96. The smallest absolute Gasteiger partial charge is 0.259 e. The zero-order chi connectivity index (χ0) is 13.4. The van der Waals surface area contributed by atoms with Crippen molar-refractivity contribution in [3.8, 4) is 0 Å². The first-order valence-corrected chi connectivity index (χ1v) is 6.66. The molecule has 1 aliphatic rings. The Balaban J connectivity index is 1.78. The van der Waals surface area contributed by atoms with E-state index in [1.807, 2.05) is 12.3 Å². The van der Waals surface area contributed by atoms with Crippen LogP contribution in [-0.4, -0.2) is 16.8 Å². The molecule has 6 heteroatoms. The van der Waals surface area contributed by atoms with E-state index in [4.69, 9.17) is 0 Å². The molecule has 2 N–H and O–H groups in total. The largest absolute Gasteiger partial charge is 0.379 e. The summed E-state index contributed by atoms with van der Waals surface area (Å²) in [7, 11) is 0. The van der Waals surface area contributed by atoms with Crippen molar-refractivity contribution in [1.82, 2.24) is 10.3 Å². The molecule has 0 atom stereocenters. The Morgan fingerprint density at radius 3 is 2.79 bits per heavy atom. The number of carbonyl (C=O) groups is 2. The second-order valence-corrected chi connectivity index (χ2v) is 5.32. The van der Waals surface area contributed by atoms with E-state index in [0.29, 0.717) is 17.7 Å². The van der Waals surface area contributed by atoms with Crippen molar-refractivity contribution in [2.75, 3.05) is 5.32 Å². The average molecular weight is 273 g/mol. The van der Waals surface area contributed by atoms with Gasteiger partial charge >= 0.3 is 0 Å². The molecule has 0 aliphatic carbocycles. The Bertz CT molecular complexity index is 678. The lowest BCUT2D eigenvalue weighted by molar-refractivity contribution is 0.0879. The molecular formula is C13H11N3O2S. The summed E-state index contributed by atoms with van der Waals surface area (Å²) in [5.74, 6) is -0.671. The number of anilines is 1. The molecule has 0 saturated heterocycles. The van der Waals surface area contributed by atoms with E-state index in [9.17, 15) is 9.59 Å². The molecule has 2 heterocycles. The number of imide groups is 1. The predicted octanol–water partition coefficient (Wildman–Crippen LogP) is 1.95. The van der Waals surface area contributed by atoms with Crippen LogP contribution >= 0.6 is 11.3 Å². The number of nitrogens with one attached hydrogen (secondary N) is 2. The molecular weight excluding hydrogens is 262 g/mol. The Labute approximate surface area is 113 Å². The average Bonchev–Trinajstić information content (AvgIpc) is 2.92. The van der Waals surface area contributed by atoms with Crippen LogP contribution in [0, 0.1) is 6.92 Å². The summed E-state index contributed by atoms with van der Waals surface area (Å²) in [6, 6.07) is 5.13. The van der Waals surface area contributed by atoms with Crippen molar-refractivity contribution in [1.29, 1.82) is 0 Å². The molecule has 96 valence electrons. The van der Waals surface area contributed by atoms with Gasteiger partial charge in [-0.2, -0.15) is 0 Å². The van der Waals surface area contributed by atoms with Crippen molar-refractivity contribution < 1.29 is 9.59 Å². The number of aryl methyl sites for hydroxylation is 1. The van der Waals surface area contributed by atoms with Gasteiger partial charge in [-0.05, 0) is 25.1 Å². The van der Waals surface area contributed by atoms with Crippen LogP contribution in [0.2, 0.25) is 0 Å². The van der Waals surface area contributed by atoms with Crippen molar-refractivity contribution in [3.05, 3.63) is 45.4 Å². The molecule has 1 aliphatic heterocycles. The lowest BCUT2D eigenvalue weighted by Crippen LogP contribution is -2.19. The van der Waals surface area contributed by atoms with Crippen LogP contribution in [0.4, 0.5) is 5.69 Å². The van der Waals surface area contributed by atoms with Gasteiger partial charge in [0.1, 0.15) is 0 Å². The normalized spacial score (nSPS) is 13.3. The highest BCUT2D eigenvalue weighted by atomic mass is 32.1. The minimum atomic E-state index is -0.340. The third kappa shape index (κ3) is 2.22. The maximum atomic E-state index is 11.5. The fraction of sp³-hybridized carbons (Fsp3) is 0.154. The van der Waals surface area contributed by atoms with Gasteiger partial charge < -0.3 is 5.32 Å². The fourth-order valence-corrected chi connectivity index (χ4v) is 2.57. The molecule has 2 amide bonds. The molecule has 3 rings (SSSR count). The second-order valence-electron chi connectivity index (χ2n) is 4.26. The minimum Gasteiger partial charge on any atom is -0.379 e. The van der Waals surface area contributed by atoms with Gasteiger partial charge in [0.2, 0.25) is 0 Å². The third-order valence-electron chi connectivity index (χ3n) is 2.88. The first-order chi connectivity index (χ1) is 9.13. The summed E-state index contributed by atoms with van der Waals surface area (Å²) in [4.78, 5) is 27.3. The number of carbonyl (C=O) groups excluding carboxylic acids is 2. The summed E-state index contributed by atoms with van der Waals surface area (Å²) in [5, 5.41) is 8.48. The summed E-state index contributed by atoms with van der Waals surface area (Å²) in [6.07, 6.45) is 0. The van der Waals surface area contributed by atoms with Crippen LogP contribution < -0.4 is 10.6 Å². The molecule has 0 saturated carbocycles. The zero-order valence-corrected chi connectivity index (χ0v) is 11.0. The van der Waals surface area contributed by atoms with Crippen LogP contribution in [0.5, 0.6) is 0 Å². The molecule has 2 aromatic rings. The number of thiazole rings is 1. The monoisotopic (exact) mass is 273 g/mol. The standard InChI is InChI=1S/C13H11N3O2S/c1-7-15-9(6-19-7)5-14-8-2-3-10-11(4-8)13(18)16-12(10)17/h2-4,6,14H,5H2,1H3,(H,16,17,18). The molecule has 1 aromatic carbocycles. The number of nitrogens with zero attached hydrogens (tertiary/aromatic N) is 1. The van der Waals surface area contributed by atoms with Crippen molar-refractivity contribution in [2.24, 2.45) is 0 Å². The summed E-state index contributed by atoms with van der Waals surface area (Å²) >= 11 is 1.60. The van der Waals surface area contributed by atoms with Gasteiger partial charge in [-0.3, -0.25) is 14.9 Å².